The van der Waals surface area contributed by atoms with Crippen LogP contribution in [0, 0.1) is 5.41 Å². The van der Waals surface area contributed by atoms with Gasteiger partial charge in [-0.15, -0.1) is 0 Å². The number of hydrogen-bond donors (Lipinski definition) is 2. The third kappa shape index (κ3) is 5.36. The molecule has 0 amide bonds. The van der Waals surface area contributed by atoms with Crippen molar-refractivity contribution in [1.29, 1.82) is 0 Å². The molecule has 0 spiro atoms. The van der Waals surface area contributed by atoms with Crippen molar-refractivity contribution in [1.82, 2.24) is 4.90 Å². The van der Waals surface area contributed by atoms with Crippen LogP contribution in [0.25, 0.3) is 0 Å². The largest absolute Gasteiger partial charge is 0.395 e. The van der Waals surface area contributed by atoms with Crippen LogP contribution in [-0.4, -0.2) is 42.3 Å². The molecule has 0 aliphatic heterocycles. The van der Waals surface area contributed by atoms with Gasteiger partial charge in [-0.3, -0.25) is 4.90 Å². The van der Waals surface area contributed by atoms with E-state index in [4.69, 9.17) is 10.8 Å². The SMILES string of the molecule is CC(C)(CN)CCCCN(CCO)C1CCC1. The minimum atomic E-state index is 0.290. The van der Waals surface area contributed by atoms with Gasteiger partial charge in [0.15, 0.2) is 0 Å². The molecular weight excluding hydrogens is 212 g/mol. The monoisotopic (exact) mass is 242 g/mol. The summed E-state index contributed by atoms with van der Waals surface area (Å²) >= 11 is 0. The Morgan fingerprint density at radius 3 is 2.41 bits per heavy atom. The maximum Gasteiger partial charge on any atom is 0.0558 e. The van der Waals surface area contributed by atoms with Gasteiger partial charge >= 0.3 is 0 Å². The van der Waals surface area contributed by atoms with Crippen molar-refractivity contribution >= 4 is 0 Å². The van der Waals surface area contributed by atoms with Crippen LogP contribution in [-0.2, 0) is 0 Å². The highest BCUT2D eigenvalue weighted by molar-refractivity contribution is 4.80. The van der Waals surface area contributed by atoms with E-state index in [0.717, 1.165) is 25.7 Å². The average Bonchev–Trinajstić information content (AvgIpc) is 2.22. The Balaban J connectivity index is 2.14. The van der Waals surface area contributed by atoms with Gasteiger partial charge in [0, 0.05) is 12.6 Å². The molecule has 1 aliphatic rings. The molecule has 1 rings (SSSR count). The van der Waals surface area contributed by atoms with Crippen molar-refractivity contribution in [3.8, 4) is 0 Å². The Bertz CT molecular complexity index is 202. The van der Waals surface area contributed by atoms with Crippen molar-refractivity contribution < 1.29 is 5.11 Å². The van der Waals surface area contributed by atoms with Gasteiger partial charge in [0.2, 0.25) is 0 Å². The van der Waals surface area contributed by atoms with Crippen molar-refractivity contribution in [2.75, 3.05) is 26.2 Å². The maximum absolute atomic E-state index is 9.07. The summed E-state index contributed by atoms with van der Waals surface area (Å²) in [6.45, 7) is 7.55. The fraction of sp³-hybridized carbons (Fsp3) is 1.00. The molecule has 17 heavy (non-hydrogen) atoms. The summed E-state index contributed by atoms with van der Waals surface area (Å²) in [6.07, 6.45) is 7.72. The first-order chi connectivity index (χ1) is 8.09. The average molecular weight is 242 g/mol. The first kappa shape index (κ1) is 14.9. The van der Waals surface area contributed by atoms with Gasteiger partial charge in [0.1, 0.15) is 0 Å². The summed E-state index contributed by atoms with van der Waals surface area (Å²) < 4.78 is 0. The van der Waals surface area contributed by atoms with Crippen LogP contribution < -0.4 is 5.73 Å². The third-order valence-electron chi connectivity index (χ3n) is 4.08. The Labute approximate surface area is 106 Å². The summed E-state index contributed by atoms with van der Waals surface area (Å²) in [5, 5.41) is 9.07. The standard InChI is InChI=1S/C14H30N2O/c1-14(2,12-15)8-3-4-9-16(10-11-17)13-6-5-7-13/h13,17H,3-12,15H2,1-2H3. The molecule has 0 aromatic carbocycles. The lowest BCUT2D eigenvalue weighted by molar-refractivity contribution is 0.0984. The van der Waals surface area contributed by atoms with Gasteiger partial charge in [-0.25, -0.2) is 0 Å². The third-order valence-corrected chi connectivity index (χ3v) is 4.08. The molecule has 1 saturated carbocycles. The van der Waals surface area contributed by atoms with E-state index in [2.05, 4.69) is 18.7 Å². The van der Waals surface area contributed by atoms with Crippen molar-refractivity contribution in [3.63, 3.8) is 0 Å². The lowest BCUT2D eigenvalue weighted by Crippen LogP contribution is -2.42. The summed E-state index contributed by atoms with van der Waals surface area (Å²) in [7, 11) is 0. The fourth-order valence-electron chi connectivity index (χ4n) is 2.38. The van der Waals surface area contributed by atoms with E-state index in [1.807, 2.05) is 0 Å². The van der Waals surface area contributed by atoms with Gasteiger partial charge in [-0.2, -0.15) is 0 Å². The molecule has 102 valence electrons. The minimum absolute atomic E-state index is 0.290. The molecule has 3 N–H and O–H groups in total. The molecule has 0 aromatic rings. The van der Waals surface area contributed by atoms with Crippen LogP contribution in [0.1, 0.15) is 52.4 Å². The van der Waals surface area contributed by atoms with Crippen molar-refractivity contribution in [2.45, 2.75) is 58.4 Å². The first-order valence-corrected chi connectivity index (χ1v) is 7.14. The van der Waals surface area contributed by atoms with E-state index in [1.165, 1.54) is 38.5 Å². The van der Waals surface area contributed by atoms with E-state index < -0.39 is 0 Å². The number of rotatable bonds is 9. The molecular formula is C14H30N2O. The number of hydrogen-bond acceptors (Lipinski definition) is 3. The van der Waals surface area contributed by atoms with Crippen LogP contribution >= 0.6 is 0 Å². The second-order valence-electron chi connectivity index (χ2n) is 6.17. The zero-order valence-electron chi connectivity index (χ0n) is 11.6. The number of nitrogens with zero attached hydrogens (tertiary/aromatic N) is 1. The van der Waals surface area contributed by atoms with E-state index in [-0.39, 0.29) is 5.41 Å². The van der Waals surface area contributed by atoms with Crippen LogP contribution in [0.2, 0.25) is 0 Å². The molecule has 0 bridgehead atoms. The molecule has 3 heteroatoms. The summed E-state index contributed by atoms with van der Waals surface area (Å²) in [6, 6.07) is 0.754. The lowest BCUT2D eigenvalue weighted by atomic mass is 9.87. The quantitative estimate of drug-likeness (QED) is 0.608. The van der Waals surface area contributed by atoms with Crippen molar-refractivity contribution in [3.05, 3.63) is 0 Å². The van der Waals surface area contributed by atoms with Crippen LogP contribution in [0.3, 0.4) is 0 Å². The predicted octanol–water partition coefficient (Wildman–Crippen LogP) is 1.99. The molecule has 1 aliphatic carbocycles. The van der Waals surface area contributed by atoms with Gasteiger partial charge in [-0.05, 0) is 44.2 Å². The second kappa shape index (κ2) is 7.34. The highest BCUT2D eigenvalue weighted by Crippen LogP contribution is 2.26. The Hall–Kier alpha value is -0.120. The topological polar surface area (TPSA) is 49.5 Å². The summed E-state index contributed by atoms with van der Waals surface area (Å²) in [5.41, 5.74) is 6.02. The molecule has 0 heterocycles. The minimum Gasteiger partial charge on any atom is -0.395 e. The van der Waals surface area contributed by atoms with E-state index in [9.17, 15) is 0 Å². The molecule has 0 radical (unpaired) electrons. The second-order valence-corrected chi connectivity index (χ2v) is 6.17. The first-order valence-electron chi connectivity index (χ1n) is 7.14. The lowest BCUT2D eigenvalue weighted by Gasteiger charge is -2.37. The normalized spacial score (nSPS) is 17.5. The predicted molar refractivity (Wildman–Crippen MR) is 73.0 cm³/mol. The van der Waals surface area contributed by atoms with E-state index in [0.29, 0.717) is 6.61 Å². The van der Waals surface area contributed by atoms with Gasteiger partial charge in [-0.1, -0.05) is 26.7 Å². The van der Waals surface area contributed by atoms with Crippen LogP contribution in [0.4, 0.5) is 0 Å². The molecule has 0 atom stereocenters. The number of unbranched alkanes of at least 4 members (excludes halogenated alkanes) is 1. The number of aliphatic hydroxyl groups is 1. The zero-order chi connectivity index (χ0) is 12.7. The van der Waals surface area contributed by atoms with E-state index >= 15 is 0 Å². The number of aliphatic hydroxyl groups excluding tert-OH is 1. The number of nitrogens with two attached hydrogens (primary N) is 1. The van der Waals surface area contributed by atoms with Crippen molar-refractivity contribution in [2.24, 2.45) is 11.1 Å². The zero-order valence-corrected chi connectivity index (χ0v) is 11.6. The Morgan fingerprint density at radius 1 is 1.24 bits per heavy atom. The summed E-state index contributed by atoms with van der Waals surface area (Å²) in [5.74, 6) is 0. The molecule has 0 saturated heterocycles. The molecule has 0 aromatic heterocycles. The van der Waals surface area contributed by atoms with Crippen LogP contribution in [0.15, 0.2) is 0 Å². The maximum atomic E-state index is 9.07. The molecule has 1 fully saturated rings. The highest BCUT2D eigenvalue weighted by Gasteiger charge is 2.24. The van der Waals surface area contributed by atoms with Gasteiger partial charge < -0.3 is 10.8 Å². The van der Waals surface area contributed by atoms with Gasteiger partial charge in [0.25, 0.3) is 0 Å². The van der Waals surface area contributed by atoms with E-state index in [1.54, 1.807) is 0 Å². The molecule has 0 unspecified atom stereocenters. The fourth-order valence-corrected chi connectivity index (χ4v) is 2.38. The Kier molecular flexibility index (Phi) is 6.45. The molecule has 3 nitrogen and oxygen atoms in total. The Morgan fingerprint density at radius 2 is 1.94 bits per heavy atom. The van der Waals surface area contributed by atoms with Gasteiger partial charge in [0.05, 0.1) is 6.61 Å². The summed E-state index contributed by atoms with van der Waals surface area (Å²) in [4.78, 5) is 2.47. The van der Waals surface area contributed by atoms with Crippen LogP contribution in [0.5, 0.6) is 0 Å². The highest BCUT2D eigenvalue weighted by atomic mass is 16.3. The smallest absolute Gasteiger partial charge is 0.0558 e.